The second-order valence-electron chi connectivity index (χ2n) is 6.51. The number of nitrogens with zero attached hydrogens (tertiary/aromatic N) is 1. The van der Waals surface area contributed by atoms with Gasteiger partial charge in [-0.2, -0.15) is 0 Å². The monoisotopic (exact) mass is 387 g/mol. The minimum atomic E-state index is -0.101. The van der Waals surface area contributed by atoms with Gasteiger partial charge >= 0.3 is 0 Å². The maximum absolute atomic E-state index is 12.9. The number of carbonyl (C=O) groups excluding carboxylic acids is 1. The Bertz CT molecular complexity index is 1090. The van der Waals surface area contributed by atoms with Crippen LogP contribution in [0.15, 0.2) is 72.1 Å². The van der Waals surface area contributed by atoms with Gasteiger partial charge in [0.2, 0.25) is 0 Å². The molecule has 0 bridgehead atoms. The van der Waals surface area contributed by atoms with Crippen LogP contribution in [-0.2, 0) is 13.0 Å². The van der Waals surface area contributed by atoms with Crippen molar-refractivity contribution in [2.24, 2.45) is 0 Å². The third-order valence-electron chi connectivity index (χ3n) is 4.60. The summed E-state index contributed by atoms with van der Waals surface area (Å²) in [5, 5.41) is 9.19. The number of para-hydroxylation sites is 1. The number of hydrogen-bond acceptors (Lipinski definition) is 4. The molecular weight excluding hydrogens is 366 g/mol. The van der Waals surface area contributed by atoms with Crippen LogP contribution >= 0.6 is 11.3 Å². The molecule has 0 saturated heterocycles. The summed E-state index contributed by atoms with van der Waals surface area (Å²) in [6.45, 7) is 2.66. The maximum atomic E-state index is 12.9. The summed E-state index contributed by atoms with van der Waals surface area (Å²) in [6, 6.07) is 21.8. The average molecular weight is 388 g/mol. The number of amides is 1. The van der Waals surface area contributed by atoms with Crippen molar-refractivity contribution in [2.75, 3.05) is 5.32 Å². The first-order chi connectivity index (χ1) is 13.7. The van der Waals surface area contributed by atoms with E-state index in [0.717, 1.165) is 27.9 Å². The largest absolute Gasteiger partial charge is 0.347 e. The number of nitrogens with one attached hydrogen (secondary N) is 2. The number of anilines is 2. The molecule has 0 aliphatic rings. The van der Waals surface area contributed by atoms with Gasteiger partial charge in [-0.15, -0.1) is 11.3 Å². The van der Waals surface area contributed by atoms with E-state index in [1.807, 2.05) is 60.0 Å². The summed E-state index contributed by atoms with van der Waals surface area (Å²) in [5.74, 6) is 0.556. The summed E-state index contributed by atoms with van der Waals surface area (Å²) >= 11 is 1.63. The predicted molar refractivity (Wildman–Crippen MR) is 116 cm³/mol. The molecule has 1 amide bonds. The van der Waals surface area contributed by atoms with E-state index in [1.54, 1.807) is 11.3 Å². The SMILES string of the molecule is CCc1ccc(Nc2cc(C(=O)NCc3cccs3)c3ccccc3n2)cc1. The maximum Gasteiger partial charge on any atom is 0.252 e. The van der Waals surface area contributed by atoms with Crippen LogP contribution in [0.25, 0.3) is 10.9 Å². The van der Waals surface area contributed by atoms with E-state index in [4.69, 9.17) is 0 Å². The molecule has 0 aliphatic heterocycles. The van der Waals surface area contributed by atoms with Crippen molar-refractivity contribution in [3.8, 4) is 0 Å². The molecule has 0 unspecified atom stereocenters. The normalized spacial score (nSPS) is 10.8. The summed E-state index contributed by atoms with van der Waals surface area (Å²) in [5.41, 5.74) is 3.64. The second kappa shape index (κ2) is 8.23. The fourth-order valence-corrected chi connectivity index (χ4v) is 3.72. The number of rotatable bonds is 6. The molecule has 4 rings (SSSR count). The first kappa shape index (κ1) is 18.2. The standard InChI is InChI=1S/C23H21N3OS/c1-2-16-9-11-17(12-10-16)25-22-14-20(19-7-3-4-8-21(19)26-22)23(27)24-15-18-6-5-13-28-18/h3-14H,2,15H2,1H3,(H,24,27)(H,25,26). The summed E-state index contributed by atoms with van der Waals surface area (Å²) in [6.07, 6.45) is 1.00. The molecule has 2 aromatic carbocycles. The zero-order valence-electron chi connectivity index (χ0n) is 15.6. The van der Waals surface area contributed by atoms with Crippen molar-refractivity contribution >= 4 is 39.7 Å². The van der Waals surface area contributed by atoms with Crippen molar-refractivity contribution < 1.29 is 4.79 Å². The zero-order valence-corrected chi connectivity index (χ0v) is 16.4. The van der Waals surface area contributed by atoms with Crippen LogP contribution in [0.3, 0.4) is 0 Å². The fraction of sp³-hybridized carbons (Fsp3) is 0.130. The Hall–Kier alpha value is -3.18. The van der Waals surface area contributed by atoms with Crippen LogP contribution in [0.4, 0.5) is 11.5 Å². The van der Waals surface area contributed by atoms with Crippen molar-refractivity contribution in [1.82, 2.24) is 10.3 Å². The lowest BCUT2D eigenvalue weighted by molar-refractivity contribution is 0.0953. The molecule has 5 heteroatoms. The Morgan fingerprint density at radius 1 is 1.04 bits per heavy atom. The summed E-state index contributed by atoms with van der Waals surface area (Å²) in [4.78, 5) is 18.7. The number of aryl methyl sites for hydroxylation is 1. The van der Waals surface area contributed by atoms with Crippen molar-refractivity contribution in [3.63, 3.8) is 0 Å². The van der Waals surface area contributed by atoms with Gasteiger partial charge in [0.25, 0.3) is 5.91 Å². The smallest absolute Gasteiger partial charge is 0.252 e. The van der Waals surface area contributed by atoms with Crippen molar-refractivity contribution in [3.05, 3.63) is 88.1 Å². The number of thiophene rings is 1. The molecule has 2 heterocycles. The molecule has 4 nitrogen and oxygen atoms in total. The first-order valence-electron chi connectivity index (χ1n) is 9.29. The minimum absolute atomic E-state index is 0.101. The van der Waals surface area contributed by atoms with Gasteiger partial charge < -0.3 is 10.6 Å². The Kier molecular flexibility index (Phi) is 5.35. The fourth-order valence-electron chi connectivity index (χ4n) is 3.07. The quantitative estimate of drug-likeness (QED) is 0.457. The number of aromatic nitrogens is 1. The van der Waals surface area contributed by atoms with Gasteiger partial charge in [0.05, 0.1) is 17.6 Å². The van der Waals surface area contributed by atoms with Crippen LogP contribution in [0.5, 0.6) is 0 Å². The highest BCUT2D eigenvalue weighted by Gasteiger charge is 2.13. The Morgan fingerprint density at radius 3 is 2.61 bits per heavy atom. The van der Waals surface area contributed by atoms with E-state index in [-0.39, 0.29) is 5.91 Å². The van der Waals surface area contributed by atoms with Gasteiger partial charge in [-0.1, -0.05) is 43.3 Å². The third kappa shape index (κ3) is 4.05. The van der Waals surface area contributed by atoms with Gasteiger partial charge in [0.1, 0.15) is 5.82 Å². The molecule has 4 aromatic rings. The highest BCUT2D eigenvalue weighted by atomic mass is 32.1. The summed E-state index contributed by atoms with van der Waals surface area (Å²) < 4.78 is 0. The van der Waals surface area contributed by atoms with Crippen LogP contribution in [0.2, 0.25) is 0 Å². The number of benzene rings is 2. The molecule has 140 valence electrons. The Morgan fingerprint density at radius 2 is 1.86 bits per heavy atom. The Balaban J connectivity index is 1.63. The molecule has 0 atom stereocenters. The van der Waals surface area contributed by atoms with Crippen LogP contribution in [0, 0.1) is 0 Å². The predicted octanol–water partition coefficient (Wildman–Crippen LogP) is 5.53. The molecular formula is C23H21N3OS. The van der Waals surface area contributed by atoms with Crippen LogP contribution in [0.1, 0.15) is 27.7 Å². The molecule has 0 spiro atoms. The Labute approximate surface area is 168 Å². The number of pyridine rings is 1. The van der Waals surface area contributed by atoms with E-state index >= 15 is 0 Å². The first-order valence-corrected chi connectivity index (χ1v) is 10.2. The minimum Gasteiger partial charge on any atom is -0.347 e. The highest BCUT2D eigenvalue weighted by Crippen LogP contribution is 2.24. The number of hydrogen-bond donors (Lipinski definition) is 2. The van der Waals surface area contributed by atoms with Gasteiger partial charge in [-0.25, -0.2) is 4.98 Å². The van der Waals surface area contributed by atoms with Gasteiger partial charge in [-0.3, -0.25) is 4.79 Å². The highest BCUT2D eigenvalue weighted by molar-refractivity contribution is 7.09. The third-order valence-corrected chi connectivity index (χ3v) is 5.48. The van der Waals surface area contributed by atoms with Crippen molar-refractivity contribution in [1.29, 1.82) is 0 Å². The summed E-state index contributed by atoms with van der Waals surface area (Å²) in [7, 11) is 0. The second-order valence-corrected chi connectivity index (χ2v) is 7.54. The molecule has 2 aromatic heterocycles. The lowest BCUT2D eigenvalue weighted by Crippen LogP contribution is -2.22. The lowest BCUT2D eigenvalue weighted by Gasteiger charge is -2.12. The molecule has 28 heavy (non-hydrogen) atoms. The molecule has 0 radical (unpaired) electrons. The van der Waals surface area contributed by atoms with E-state index < -0.39 is 0 Å². The molecule has 0 aliphatic carbocycles. The van der Waals surface area contributed by atoms with Gasteiger partial charge in [-0.05, 0) is 47.7 Å². The molecule has 0 fully saturated rings. The lowest BCUT2D eigenvalue weighted by atomic mass is 10.1. The number of carbonyl (C=O) groups is 1. The van der Waals surface area contributed by atoms with Crippen molar-refractivity contribution in [2.45, 2.75) is 19.9 Å². The van der Waals surface area contributed by atoms with E-state index in [1.165, 1.54) is 5.56 Å². The van der Waals surface area contributed by atoms with E-state index in [0.29, 0.717) is 17.9 Å². The molecule has 0 saturated carbocycles. The van der Waals surface area contributed by atoms with Crippen LogP contribution in [-0.4, -0.2) is 10.9 Å². The zero-order chi connectivity index (χ0) is 19.3. The number of fused-ring (bicyclic) bond motifs is 1. The molecule has 2 N–H and O–H groups in total. The van der Waals surface area contributed by atoms with E-state index in [9.17, 15) is 4.79 Å². The van der Waals surface area contributed by atoms with Crippen LogP contribution < -0.4 is 10.6 Å². The topological polar surface area (TPSA) is 54.0 Å². The van der Waals surface area contributed by atoms with Gasteiger partial charge in [0, 0.05) is 16.0 Å². The average Bonchev–Trinajstić information content (AvgIpc) is 3.26. The van der Waals surface area contributed by atoms with E-state index in [2.05, 4.69) is 34.7 Å². The van der Waals surface area contributed by atoms with Gasteiger partial charge in [0.15, 0.2) is 0 Å².